The summed E-state index contributed by atoms with van der Waals surface area (Å²) < 4.78 is 1.82. The maximum absolute atomic E-state index is 12.3. The number of fused-ring (bicyclic) bond motifs is 2. The highest BCUT2D eigenvalue weighted by Crippen LogP contribution is 2.27. The Balaban J connectivity index is 1.41. The number of rotatable bonds is 5. The molecule has 0 aliphatic heterocycles. The third kappa shape index (κ3) is 2.97. The quantitative estimate of drug-likeness (QED) is 0.728. The van der Waals surface area contributed by atoms with Crippen molar-refractivity contribution in [1.29, 1.82) is 0 Å². The second kappa shape index (κ2) is 6.44. The van der Waals surface area contributed by atoms with Gasteiger partial charge in [0.15, 0.2) is 5.65 Å². The van der Waals surface area contributed by atoms with Crippen LogP contribution in [0.5, 0.6) is 0 Å². The van der Waals surface area contributed by atoms with Crippen molar-refractivity contribution in [2.45, 2.75) is 39.2 Å². The summed E-state index contributed by atoms with van der Waals surface area (Å²) in [6, 6.07) is 1.73. The van der Waals surface area contributed by atoms with Crippen molar-refractivity contribution in [2.75, 3.05) is 12.3 Å². The second-order valence-electron chi connectivity index (χ2n) is 6.12. The van der Waals surface area contributed by atoms with Crippen LogP contribution in [0.3, 0.4) is 0 Å². The highest BCUT2D eigenvalue weighted by Gasteiger charge is 2.17. The molecule has 130 valence electrons. The van der Waals surface area contributed by atoms with Crippen molar-refractivity contribution in [3.05, 3.63) is 33.4 Å². The fourth-order valence-electron chi connectivity index (χ4n) is 3.20. The van der Waals surface area contributed by atoms with Gasteiger partial charge in [0.05, 0.1) is 16.3 Å². The summed E-state index contributed by atoms with van der Waals surface area (Å²) in [6.45, 7) is 3.24. The monoisotopic (exact) mass is 356 g/mol. The average molecular weight is 356 g/mol. The lowest BCUT2D eigenvalue weighted by Gasteiger charge is -2.04. The molecule has 0 unspecified atom stereocenters. The van der Waals surface area contributed by atoms with Gasteiger partial charge in [-0.1, -0.05) is 0 Å². The molecule has 0 atom stereocenters. The normalized spacial score (nSPS) is 13.3. The largest absolute Gasteiger partial charge is 0.369 e. The molecule has 0 fully saturated rings. The van der Waals surface area contributed by atoms with E-state index in [1.807, 2.05) is 11.5 Å². The number of thiazole rings is 1. The molecule has 0 saturated heterocycles. The standard InChI is InChI=1S/C17H20N6OS/c1-2-23-15-12(22-17(23)18)8-10(9-20-15)16(24)19-7-6-14-21-11-4-3-5-13(11)25-14/h8-9H,2-7H2,1H3,(H2,18,22)(H,19,24). The van der Waals surface area contributed by atoms with E-state index in [1.165, 1.54) is 17.0 Å². The van der Waals surface area contributed by atoms with Gasteiger partial charge in [-0.3, -0.25) is 9.36 Å². The van der Waals surface area contributed by atoms with Crippen LogP contribution < -0.4 is 11.1 Å². The number of aromatic nitrogens is 4. The van der Waals surface area contributed by atoms with E-state index in [0.29, 0.717) is 35.8 Å². The Bertz CT molecular complexity index is 923. The molecule has 1 aliphatic carbocycles. The van der Waals surface area contributed by atoms with Crippen LogP contribution in [0.2, 0.25) is 0 Å². The first-order valence-corrected chi connectivity index (χ1v) is 9.34. The Labute approximate surface area is 149 Å². The fraction of sp³-hybridized carbons (Fsp3) is 0.412. The lowest BCUT2D eigenvalue weighted by atomic mass is 10.2. The van der Waals surface area contributed by atoms with Crippen molar-refractivity contribution in [3.63, 3.8) is 0 Å². The molecular formula is C17H20N6OS. The zero-order valence-electron chi connectivity index (χ0n) is 14.1. The van der Waals surface area contributed by atoms with Crippen LogP contribution in [0.1, 0.15) is 39.3 Å². The van der Waals surface area contributed by atoms with E-state index in [4.69, 9.17) is 5.73 Å². The van der Waals surface area contributed by atoms with E-state index < -0.39 is 0 Å². The zero-order valence-corrected chi connectivity index (χ0v) is 14.9. The van der Waals surface area contributed by atoms with Crippen LogP contribution in [0.25, 0.3) is 11.2 Å². The Morgan fingerprint density at radius 1 is 1.40 bits per heavy atom. The second-order valence-corrected chi connectivity index (χ2v) is 7.29. The minimum absolute atomic E-state index is 0.150. The van der Waals surface area contributed by atoms with Crippen molar-refractivity contribution < 1.29 is 4.79 Å². The van der Waals surface area contributed by atoms with Crippen molar-refractivity contribution in [2.24, 2.45) is 0 Å². The number of nitrogens with zero attached hydrogens (tertiary/aromatic N) is 4. The van der Waals surface area contributed by atoms with Crippen LogP contribution in [0.15, 0.2) is 12.3 Å². The molecule has 4 rings (SSSR count). The number of imidazole rings is 1. The summed E-state index contributed by atoms with van der Waals surface area (Å²) in [5.74, 6) is 0.266. The van der Waals surface area contributed by atoms with E-state index in [-0.39, 0.29) is 5.91 Å². The van der Waals surface area contributed by atoms with E-state index >= 15 is 0 Å². The Morgan fingerprint density at radius 3 is 3.08 bits per heavy atom. The van der Waals surface area contributed by atoms with Gasteiger partial charge in [0.25, 0.3) is 5.91 Å². The van der Waals surface area contributed by atoms with Crippen LogP contribution in [0.4, 0.5) is 5.95 Å². The van der Waals surface area contributed by atoms with E-state index in [9.17, 15) is 4.79 Å². The number of nitrogens with one attached hydrogen (secondary N) is 1. The summed E-state index contributed by atoms with van der Waals surface area (Å²) in [4.78, 5) is 27.0. The smallest absolute Gasteiger partial charge is 0.252 e. The van der Waals surface area contributed by atoms with Crippen LogP contribution in [-0.4, -0.2) is 32.0 Å². The van der Waals surface area contributed by atoms with Gasteiger partial charge in [-0.25, -0.2) is 15.0 Å². The minimum Gasteiger partial charge on any atom is -0.369 e. The maximum Gasteiger partial charge on any atom is 0.252 e. The number of aryl methyl sites for hydroxylation is 3. The van der Waals surface area contributed by atoms with Gasteiger partial charge < -0.3 is 11.1 Å². The molecule has 1 aliphatic rings. The van der Waals surface area contributed by atoms with Gasteiger partial charge in [-0.2, -0.15) is 0 Å². The molecule has 0 spiro atoms. The summed E-state index contributed by atoms with van der Waals surface area (Å²) in [5, 5.41) is 4.04. The van der Waals surface area contributed by atoms with Crippen molar-refractivity contribution in [3.8, 4) is 0 Å². The van der Waals surface area contributed by atoms with Gasteiger partial charge in [-0.15, -0.1) is 11.3 Å². The molecule has 0 radical (unpaired) electrons. The molecule has 3 heterocycles. The van der Waals surface area contributed by atoms with Crippen LogP contribution in [0, 0.1) is 0 Å². The Kier molecular flexibility index (Phi) is 4.12. The van der Waals surface area contributed by atoms with E-state index in [2.05, 4.69) is 20.3 Å². The van der Waals surface area contributed by atoms with Gasteiger partial charge in [0.1, 0.15) is 5.52 Å². The lowest BCUT2D eigenvalue weighted by Crippen LogP contribution is -2.25. The molecular weight excluding hydrogens is 336 g/mol. The number of hydrogen-bond acceptors (Lipinski definition) is 6. The van der Waals surface area contributed by atoms with Gasteiger partial charge in [-0.05, 0) is 32.3 Å². The third-order valence-electron chi connectivity index (χ3n) is 4.46. The number of pyridine rings is 1. The average Bonchev–Trinajstić information content (AvgIpc) is 3.25. The molecule has 3 aromatic rings. The molecule has 1 amide bonds. The van der Waals surface area contributed by atoms with E-state index in [0.717, 1.165) is 24.3 Å². The highest BCUT2D eigenvalue weighted by molar-refractivity contribution is 7.11. The number of nitrogens with two attached hydrogens (primary N) is 1. The predicted octanol–water partition coefficient (Wildman–Crippen LogP) is 1.95. The van der Waals surface area contributed by atoms with Gasteiger partial charge in [0, 0.05) is 30.6 Å². The predicted molar refractivity (Wildman–Crippen MR) is 97.8 cm³/mol. The lowest BCUT2D eigenvalue weighted by molar-refractivity contribution is 0.0954. The summed E-state index contributed by atoms with van der Waals surface area (Å²) in [6.07, 6.45) is 5.80. The van der Waals surface area contributed by atoms with Crippen molar-refractivity contribution >= 4 is 34.4 Å². The van der Waals surface area contributed by atoms with Crippen LogP contribution >= 0.6 is 11.3 Å². The molecule has 0 aromatic carbocycles. The molecule has 3 N–H and O–H groups in total. The number of hydrogen-bond donors (Lipinski definition) is 2. The van der Waals surface area contributed by atoms with E-state index in [1.54, 1.807) is 23.6 Å². The first-order valence-electron chi connectivity index (χ1n) is 8.53. The van der Waals surface area contributed by atoms with Gasteiger partial charge >= 0.3 is 0 Å². The van der Waals surface area contributed by atoms with Crippen molar-refractivity contribution in [1.82, 2.24) is 24.8 Å². The Morgan fingerprint density at radius 2 is 2.28 bits per heavy atom. The number of anilines is 1. The number of nitrogen functional groups attached to an aromatic ring is 1. The highest BCUT2D eigenvalue weighted by atomic mass is 32.1. The summed E-state index contributed by atoms with van der Waals surface area (Å²) in [7, 11) is 0. The Hall–Kier alpha value is -2.48. The minimum atomic E-state index is -0.150. The first-order chi connectivity index (χ1) is 12.2. The molecule has 3 aromatic heterocycles. The molecule has 7 nitrogen and oxygen atoms in total. The molecule has 25 heavy (non-hydrogen) atoms. The fourth-order valence-corrected chi connectivity index (χ4v) is 4.36. The third-order valence-corrected chi connectivity index (χ3v) is 5.67. The maximum atomic E-state index is 12.3. The summed E-state index contributed by atoms with van der Waals surface area (Å²) >= 11 is 1.78. The molecule has 0 bridgehead atoms. The molecule has 0 saturated carbocycles. The van der Waals surface area contributed by atoms with Gasteiger partial charge in [0.2, 0.25) is 5.95 Å². The number of carbonyl (C=O) groups excluding carboxylic acids is 1. The first kappa shape index (κ1) is 16.0. The number of carbonyl (C=O) groups is 1. The molecule has 8 heteroatoms. The zero-order chi connectivity index (χ0) is 17.4. The summed E-state index contributed by atoms with van der Waals surface area (Å²) in [5.41, 5.74) is 8.97. The van der Waals surface area contributed by atoms with Crippen LogP contribution in [-0.2, 0) is 25.8 Å². The SMILES string of the molecule is CCn1c(N)nc2cc(C(=O)NCCc3nc4c(s3)CCC4)cnc21. The number of amides is 1. The topological polar surface area (TPSA) is 98.7 Å².